The van der Waals surface area contributed by atoms with Crippen LogP contribution in [-0.2, 0) is 24.2 Å². The number of para-hydroxylation sites is 1. The molecule has 5 nitrogen and oxygen atoms in total. The molecule has 124 valence electrons. The molecule has 1 aromatic heterocycles. The van der Waals surface area contributed by atoms with E-state index in [1.165, 1.54) is 0 Å². The van der Waals surface area contributed by atoms with Gasteiger partial charge in [-0.2, -0.15) is 0 Å². The Balaban J connectivity index is 2.23. The Kier molecular flexibility index (Phi) is 4.16. The van der Waals surface area contributed by atoms with E-state index in [2.05, 4.69) is 0 Å². The van der Waals surface area contributed by atoms with Crippen molar-refractivity contribution < 1.29 is 20.1 Å². The minimum Gasteiger partial charge on any atom is -0.508 e. The highest BCUT2D eigenvalue weighted by Gasteiger charge is 2.20. The molecule has 0 saturated carbocycles. The van der Waals surface area contributed by atoms with Crippen LogP contribution in [0.25, 0.3) is 10.9 Å². The number of carboxylic acids is 1. The van der Waals surface area contributed by atoms with Crippen LogP contribution >= 0.6 is 0 Å². The van der Waals surface area contributed by atoms with Gasteiger partial charge in [-0.15, -0.1) is 0 Å². The maximum absolute atomic E-state index is 11.3. The van der Waals surface area contributed by atoms with Crippen molar-refractivity contribution in [3.63, 3.8) is 0 Å². The van der Waals surface area contributed by atoms with Crippen molar-refractivity contribution in [2.75, 3.05) is 0 Å². The molecular weight excluding hydrogens is 306 g/mol. The fraction of sp³-hybridized carbons (Fsp3) is 0.211. The molecule has 0 amide bonds. The monoisotopic (exact) mass is 325 g/mol. The average molecular weight is 325 g/mol. The third-order valence-corrected chi connectivity index (χ3v) is 4.20. The minimum absolute atomic E-state index is 0.0871. The van der Waals surface area contributed by atoms with E-state index in [0.29, 0.717) is 18.5 Å². The van der Waals surface area contributed by atoms with Gasteiger partial charge in [0.2, 0.25) is 0 Å². The number of nitrogens with zero attached hydrogens (tertiary/aromatic N) is 1. The number of carboxylic acid groups (broad SMARTS) is 1. The number of phenols is 2. The van der Waals surface area contributed by atoms with Crippen molar-refractivity contribution >= 4 is 16.9 Å². The van der Waals surface area contributed by atoms with E-state index in [4.69, 9.17) is 0 Å². The highest BCUT2D eigenvalue weighted by molar-refractivity contribution is 5.92. The molecule has 3 N–H and O–H groups in total. The minimum atomic E-state index is -0.899. The molecule has 0 radical (unpaired) electrons. The summed E-state index contributed by atoms with van der Waals surface area (Å²) in [6, 6.07) is 12.1. The van der Waals surface area contributed by atoms with Crippen molar-refractivity contribution in [2.45, 2.75) is 26.3 Å². The predicted molar refractivity (Wildman–Crippen MR) is 91.5 cm³/mol. The summed E-state index contributed by atoms with van der Waals surface area (Å²) in [6.45, 7) is 2.42. The summed E-state index contributed by atoms with van der Waals surface area (Å²) in [4.78, 5) is 11.3. The average Bonchev–Trinajstić information content (AvgIpc) is 2.81. The topological polar surface area (TPSA) is 82.7 Å². The van der Waals surface area contributed by atoms with Gasteiger partial charge in [-0.3, -0.25) is 4.79 Å². The van der Waals surface area contributed by atoms with E-state index >= 15 is 0 Å². The Hall–Kier alpha value is -2.95. The molecule has 0 spiro atoms. The van der Waals surface area contributed by atoms with E-state index in [1.807, 2.05) is 23.6 Å². The highest BCUT2D eigenvalue weighted by Crippen LogP contribution is 2.34. The Bertz CT molecular complexity index is 911. The molecule has 0 aliphatic heterocycles. The SMILES string of the molecule is CCc1c(CC(=O)O)c2cccc(O)c2n1Cc1cccc(O)c1. The fourth-order valence-electron chi connectivity index (χ4n) is 3.28. The van der Waals surface area contributed by atoms with Crippen LogP contribution in [0.15, 0.2) is 42.5 Å². The number of hydrogen-bond acceptors (Lipinski definition) is 3. The number of rotatable bonds is 5. The molecule has 0 saturated heterocycles. The zero-order valence-electron chi connectivity index (χ0n) is 13.4. The molecule has 24 heavy (non-hydrogen) atoms. The van der Waals surface area contributed by atoms with Crippen molar-refractivity contribution in [3.8, 4) is 11.5 Å². The lowest BCUT2D eigenvalue weighted by Gasteiger charge is -2.12. The number of fused-ring (bicyclic) bond motifs is 1. The van der Waals surface area contributed by atoms with Crippen molar-refractivity contribution in [1.29, 1.82) is 0 Å². The first kappa shape index (κ1) is 15.9. The van der Waals surface area contributed by atoms with E-state index in [-0.39, 0.29) is 17.9 Å². The number of carbonyl (C=O) groups is 1. The van der Waals surface area contributed by atoms with Gasteiger partial charge in [0.1, 0.15) is 11.5 Å². The first-order valence-corrected chi connectivity index (χ1v) is 7.83. The predicted octanol–water partition coefficient (Wildman–Crippen LogP) is 3.29. The number of aromatic nitrogens is 1. The molecule has 3 rings (SSSR count). The number of hydrogen-bond donors (Lipinski definition) is 3. The van der Waals surface area contributed by atoms with E-state index < -0.39 is 5.97 Å². The van der Waals surface area contributed by atoms with E-state index in [1.54, 1.807) is 30.3 Å². The van der Waals surface area contributed by atoms with Gasteiger partial charge in [-0.05, 0) is 35.7 Å². The molecule has 5 heteroatoms. The maximum Gasteiger partial charge on any atom is 0.307 e. The van der Waals surface area contributed by atoms with Gasteiger partial charge in [-0.1, -0.05) is 31.2 Å². The van der Waals surface area contributed by atoms with Crippen LogP contribution in [0.1, 0.15) is 23.7 Å². The third kappa shape index (κ3) is 2.80. The molecule has 1 heterocycles. The van der Waals surface area contributed by atoms with Crippen LogP contribution in [0.2, 0.25) is 0 Å². The molecule has 0 unspecified atom stereocenters. The lowest BCUT2D eigenvalue weighted by Crippen LogP contribution is -2.07. The Morgan fingerprint density at radius 2 is 1.88 bits per heavy atom. The van der Waals surface area contributed by atoms with Crippen molar-refractivity contribution in [2.24, 2.45) is 0 Å². The largest absolute Gasteiger partial charge is 0.508 e. The van der Waals surface area contributed by atoms with E-state index in [9.17, 15) is 20.1 Å². The highest BCUT2D eigenvalue weighted by atomic mass is 16.4. The lowest BCUT2D eigenvalue weighted by atomic mass is 10.1. The Labute approximate surface area is 139 Å². The standard InChI is InChI=1S/C19H19NO4/c1-2-16-15(10-18(23)24)14-7-4-8-17(22)19(14)20(16)11-12-5-3-6-13(21)9-12/h3-9,21-22H,2,10-11H2,1H3,(H,23,24). The molecular formula is C19H19NO4. The summed E-state index contributed by atoms with van der Waals surface area (Å²) in [5.74, 6) is -0.597. The van der Waals surface area contributed by atoms with Crippen molar-refractivity contribution in [3.05, 3.63) is 59.3 Å². The molecule has 0 aliphatic carbocycles. The van der Waals surface area contributed by atoms with Crippen LogP contribution < -0.4 is 0 Å². The molecule has 3 aromatic rings. The van der Waals surface area contributed by atoms with Crippen LogP contribution in [0.5, 0.6) is 11.5 Å². The summed E-state index contributed by atoms with van der Waals surface area (Å²) in [6.07, 6.45) is 0.561. The summed E-state index contributed by atoms with van der Waals surface area (Å²) < 4.78 is 1.94. The molecule has 0 aliphatic rings. The second-order valence-electron chi connectivity index (χ2n) is 5.78. The summed E-state index contributed by atoms with van der Waals surface area (Å²) in [5.41, 5.74) is 3.13. The van der Waals surface area contributed by atoms with Gasteiger partial charge in [0.15, 0.2) is 0 Å². The van der Waals surface area contributed by atoms with Gasteiger partial charge >= 0.3 is 5.97 Å². The fourth-order valence-corrected chi connectivity index (χ4v) is 3.28. The number of aromatic hydroxyl groups is 2. The summed E-state index contributed by atoms with van der Waals surface area (Å²) in [5, 5.41) is 30.0. The zero-order chi connectivity index (χ0) is 17.3. The van der Waals surface area contributed by atoms with Gasteiger partial charge in [0.05, 0.1) is 11.9 Å². The second-order valence-corrected chi connectivity index (χ2v) is 5.78. The summed E-state index contributed by atoms with van der Waals surface area (Å²) in [7, 11) is 0. The molecule has 0 atom stereocenters. The first-order valence-electron chi connectivity index (χ1n) is 7.83. The number of benzene rings is 2. The lowest BCUT2D eigenvalue weighted by molar-refractivity contribution is -0.136. The normalized spacial score (nSPS) is 11.0. The van der Waals surface area contributed by atoms with Crippen LogP contribution in [-0.4, -0.2) is 25.9 Å². The smallest absolute Gasteiger partial charge is 0.307 e. The van der Waals surface area contributed by atoms with Gasteiger partial charge < -0.3 is 19.9 Å². The molecule has 0 bridgehead atoms. The van der Waals surface area contributed by atoms with E-state index in [0.717, 1.165) is 22.2 Å². The van der Waals surface area contributed by atoms with Gasteiger partial charge in [-0.25, -0.2) is 0 Å². The number of phenolic OH excluding ortho intramolecular Hbond substituents is 2. The van der Waals surface area contributed by atoms with Gasteiger partial charge in [0, 0.05) is 17.6 Å². The zero-order valence-corrected chi connectivity index (χ0v) is 13.4. The summed E-state index contributed by atoms with van der Waals surface area (Å²) >= 11 is 0. The Morgan fingerprint density at radius 3 is 2.54 bits per heavy atom. The van der Waals surface area contributed by atoms with Crippen LogP contribution in [0, 0.1) is 0 Å². The Morgan fingerprint density at radius 1 is 1.12 bits per heavy atom. The molecule has 2 aromatic carbocycles. The molecule has 0 fully saturated rings. The second kappa shape index (κ2) is 6.28. The quantitative estimate of drug-likeness (QED) is 0.672. The van der Waals surface area contributed by atoms with Crippen molar-refractivity contribution in [1.82, 2.24) is 4.57 Å². The first-order chi connectivity index (χ1) is 11.5. The van der Waals surface area contributed by atoms with Crippen LogP contribution in [0.4, 0.5) is 0 Å². The maximum atomic E-state index is 11.3. The number of aliphatic carboxylic acids is 1. The van der Waals surface area contributed by atoms with Crippen LogP contribution in [0.3, 0.4) is 0 Å². The van der Waals surface area contributed by atoms with Gasteiger partial charge in [0.25, 0.3) is 0 Å². The third-order valence-electron chi connectivity index (χ3n) is 4.20.